The topological polar surface area (TPSA) is 94.0 Å². The molecule has 2 aliphatic rings. The van der Waals surface area contributed by atoms with E-state index < -0.39 is 0 Å². The second-order valence-corrected chi connectivity index (χ2v) is 7.00. The highest BCUT2D eigenvalue weighted by atomic mass is 16.5. The molecule has 5 rings (SSSR count). The number of nitrogens with zero attached hydrogens (tertiary/aromatic N) is 6. The standard InChI is InChI=1S/C18H20N6O2/c1-2-9-24(14(5-1)18-21-16(23-26-18)12-6-7-12)11-15-20-17(22-25-15)13-4-3-8-19-10-13/h3-4,8,10,12,14H,1-2,5-7,9,11H2/t14-/m1/s1. The largest absolute Gasteiger partial charge is 0.338 e. The summed E-state index contributed by atoms with van der Waals surface area (Å²) in [6.45, 7) is 1.54. The summed E-state index contributed by atoms with van der Waals surface area (Å²) in [7, 11) is 0. The fraction of sp³-hybridized carbons (Fsp3) is 0.500. The van der Waals surface area contributed by atoms with Crippen molar-refractivity contribution in [1.82, 2.24) is 30.2 Å². The number of hydrogen-bond donors (Lipinski definition) is 0. The Balaban J connectivity index is 1.33. The lowest BCUT2D eigenvalue weighted by Gasteiger charge is -2.31. The van der Waals surface area contributed by atoms with Gasteiger partial charge in [-0.2, -0.15) is 9.97 Å². The van der Waals surface area contributed by atoms with Crippen molar-refractivity contribution in [3.63, 3.8) is 0 Å². The molecule has 1 saturated carbocycles. The van der Waals surface area contributed by atoms with E-state index >= 15 is 0 Å². The third-order valence-electron chi connectivity index (χ3n) is 5.02. The molecule has 4 heterocycles. The van der Waals surface area contributed by atoms with Crippen LogP contribution < -0.4 is 0 Å². The summed E-state index contributed by atoms with van der Waals surface area (Å²) in [4.78, 5) is 15.6. The fourth-order valence-corrected chi connectivity index (χ4v) is 3.45. The lowest BCUT2D eigenvalue weighted by molar-refractivity contribution is 0.0986. The summed E-state index contributed by atoms with van der Waals surface area (Å²) in [6, 6.07) is 3.90. The third-order valence-corrected chi connectivity index (χ3v) is 5.02. The molecule has 1 aliphatic heterocycles. The molecule has 0 aromatic carbocycles. The number of rotatable bonds is 5. The van der Waals surface area contributed by atoms with Crippen LogP contribution in [0.1, 0.15) is 61.7 Å². The first-order valence-corrected chi connectivity index (χ1v) is 9.17. The van der Waals surface area contributed by atoms with Crippen LogP contribution in [0.5, 0.6) is 0 Å². The number of piperidine rings is 1. The van der Waals surface area contributed by atoms with Gasteiger partial charge in [0.2, 0.25) is 17.6 Å². The van der Waals surface area contributed by atoms with Crippen molar-refractivity contribution < 1.29 is 9.05 Å². The maximum Gasteiger partial charge on any atom is 0.244 e. The fourth-order valence-electron chi connectivity index (χ4n) is 3.45. The van der Waals surface area contributed by atoms with Crippen LogP contribution in [0.3, 0.4) is 0 Å². The smallest absolute Gasteiger partial charge is 0.244 e. The van der Waals surface area contributed by atoms with Crippen molar-refractivity contribution >= 4 is 0 Å². The van der Waals surface area contributed by atoms with Crippen LogP contribution in [0, 0.1) is 0 Å². The Morgan fingerprint density at radius 2 is 2.04 bits per heavy atom. The van der Waals surface area contributed by atoms with Gasteiger partial charge in [0.25, 0.3) is 0 Å². The van der Waals surface area contributed by atoms with E-state index in [2.05, 4.69) is 30.2 Å². The highest BCUT2D eigenvalue weighted by Gasteiger charge is 2.33. The van der Waals surface area contributed by atoms with Gasteiger partial charge < -0.3 is 9.05 Å². The Hall–Kier alpha value is -2.61. The van der Waals surface area contributed by atoms with Crippen LogP contribution in [0.2, 0.25) is 0 Å². The van der Waals surface area contributed by atoms with E-state index in [0.29, 0.717) is 24.2 Å². The zero-order valence-electron chi connectivity index (χ0n) is 14.4. The summed E-state index contributed by atoms with van der Waals surface area (Å²) in [5, 5.41) is 8.25. The number of pyridine rings is 1. The number of likely N-dealkylation sites (tertiary alicyclic amines) is 1. The van der Waals surface area contributed by atoms with E-state index in [-0.39, 0.29) is 6.04 Å². The third kappa shape index (κ3) is 3.12. The van der Waals surface area contributed by atoms with Crippen LogP contribution in [0.25, 0.3) is 11.4 Å². The summed E-state index contributed by atoms with van der Waals surface area (Å²) in [6.07, 6.45) is 9.12. The van der Waals surface area contributed by atoms with Crippen LogP contribution in [0.15, 0.2) is 33.6 Å². The lowest BCUT2D eigenvalue weighted by Crippen LogP contribution is -2.33. The van der Waals surface area contributed by atoms with Gasteiger partial charge >= 0.3 is 0 Å². The normalized spacial score (nSPS) is 21.2. The van der Waals surface area contributed by atoms with Crippen molar-refractivity contribution in [2.45, 2.75) is 50.6 Å². The molecule has 8 heteroatoms. The first kappa shape index (κ1) is 15.6. The van der Waals surface area contributed by atoms with E-state index in [0.717, 1.165) is 43.1 Å². The average molecular weight is 352 g/mol. The number of hydrogen-bond acceptors (Lipinski definition) is 8. The molecule has 0 radical (unpaired) electrons. The molecule has 1 saturated heterocycles. The molecular formula is C18H20N6O2. The van der Waals surface area contributed by atoms with Gasteiger partial charge in [-0.05, 0) is 44.4 Å². The Morgan fingerprint density at radius 3 is 2.88 bits per heavy atom. The summed E-state index contributed by atoms with van der Waals surface area (Å²) >= 11 is 0. The van der Waals surface area contributed by atoms with Crippen LogP contribution in [-0.2, 0) is 6.54 Å². The molecule has 134 valence electrons. The van der Waals surface area contributed by atoms with Crippen molar-refractivity contribution in [3.8, 4) is 11.4 Å². The first-order valence-electron chi connectivity index (χ1n) is 9.17. The molecular weight excluding hydrogens is 332 g/mol. The van der Waals surface area contributed by atoms with Gasteiger partial charge in [-0.25, -0.2) is 0 Å². The maximum atomic E-state index is 5.57. The van der Waals surface area contributed by atoms with E-state index in [1.54, 1.807) is 12.4 Å². The van der Waals surface area contributed by atoms with Crippen LogP contribution >= 0.6 is 0 Å². The van der Waals surface area contributed by atoms with Crippen molar-refractivity contribution in [2.24, 2.45) is 0 Å². The lowest BCUT2D eigenvalue weighted by atomic mass is 10.0. The SMILES string of the molecule is c1cncc(-c2noc(CN3CCCC[C@@H]3c3nc(C4CC4)no3)n2)c1. The Bertz CT molecular complexity index is 873. The van der Waals surface area contributed by atoms with E-state index in [1.807, 2.05) is 12.1 Å². The molecule has 3 aromatic rings. The minimum absolute atomic E-state index is 0.123. The predicted octanol–water partition coefficient (Wildman–Crippen LogP) is 3.12. The van der Waals surface area contributed by atoms with E-state index in [1.165, 1.54) is 12.8 Å². The minimum atomic E-state index is 0.123. The maximum absolute atomic E-state index is 5.57. The van der Waals surface area contributed by atoms with Crippen LogP contribution in [-0.4, -0.2) is 36.7 Å². The molecule has 1 aliphatic carbocycles. The molecule has 0 N–H and O–H groups in total. The summed E-state index contributed by atoms with van der Waals surface area (Å²) in [5.74, 6) is 3.25. The second kappa shape index (κ2) is 6.60. The molecule has 3 aromatic heterocycles. The van der Waals surface area contributed by atoms with E-state index in [9.17, 15) is 0 Å². The average Bonchev–Trinajstić information content (AvgIpc) is 3.24. The van der Waals surface area contributed by atoms with Crippen molar-refractivity contribution in [3.05, 3.63) is 42.1 Å². The quantitative estimate of drug-likeness (QED) is 0.691. The second-order valence-electron chi connectivity index (χ2n) is 7.00. The van der Waals surface area contributed by atoms with Gasteiger partial charge in [0.05, 0.1) is 12.6 Å². The number of aromatic nitrogens is 5. The van der Waals surface area contributed by atoms with Gasteiger partial charge in [-0.15, -0.1) is 0 Å². The molecule has 8 nitrogen and oxygen atoms in total. The van der Waals surface area contributed by atoms with Crippen LogP contribution in [0.4, 0.5) is 0 Å². The highest BCUT2D eigenvalue weighted by molar-refractivity contribution is 5.51. The van der Waals surface area contributed by atoms with Gasteiger partial charge in [-0.1, -0.05) is 16.7 Å². The Labute approximate surface area is 150 Å². The first-order chi connectivity index (χ1) is 12.9. The Morgan fingerprint density at radius 1 is 1.08 bits per heavy atom. The van der Waals surface area contributed by atoms with E-state index in [4.69, 9.17) is 9.05 Å². The molecule has 0 unspecified atom stereocenters. The molecule has 0 spiro atoms. The van der Waals surface area contributed by atoms with Crippen molar-refractivity contribution in [1.29, 1.82) is 0 Å². The van der Waals surface area contributed by atoms with Gasteiger partial charge in [0.1, 0.15) is 0 Å². The zero-order chi connectivity index (χ0) is 17.3. The van der Waals surface area contributed by atoms with Gasteiger partial charge in [0.15, 0.2) is 5.82 Å². The molecule has 2 fully saturated rings. The van der Waals surface area contributed by atoms with Crippen molar-refractivity contribution in [2.75, 3.05) is 6.54 Å². The molecule has 26 heavy (non-hydrogen) atoms. The predicted molar refractivity (Wildman–Crippen MR) is 90.8 cm³/mol. The van der Waals surface area contributed by atoms with Gasteiger partial charge in [-0.3, -0.25) is 9.88 Å². The molecule has 1 atom stereocenters. The monoisotopic (exact) mass is 352 g/mol. The summed E-state index contributed by atoms with van der Waals surface area (Å²) < 4.78 is 11.0. The zero-order valence-corrected chi connectivity index (χ0v) is 14.4. The minimum Gasteiger partial charge on any atom is -0.338 e. The summed E-state index contributed by atoms with van der Waals surface area (Å²) in [5.41, 5.74) is 0.851. The molecule has 0 amide bonds. The Kier molecular flexibility index (Phi) is 3.97. The highest BCUT2D eigenvalue weighted by Crippen LogP contribution is 2.39. The van der Waals surface area contributed by atoms with Gasteiger partial charge in [0, 0.05) is 23.9 Å². The molecule has 0 bridgehead atoms.